The number of hydrogen-bond donors (Lipinski definition) is 0. The number of ether oxygens (including phenoxy) is 2. The zero-order chi connectivity index (χ0) is 20.9. The van der Waals surface area contributed by atoms with Crippen LogP contribution in [0.2, 0.25) is 0 Å². The molecule has 0 saturated carbocycles. The van der Waals surface area contributed by atoms with E-state index in [0.717, 1.165) is 17.0 Å². The molecule has 0 saturated heterocycles. The molecule has 0 fully saturated rings. The Hall–Kier alpha value is -2.59. The van der Waals surface area contributed by atoms with Crippen LogP contribution in [0, 0.1) is 3.57 Å². The highest BCUT2D eigenvalue weighted by Gasteiger charge is 2.21. The summed E-state index contributed by atoms with van der Waals surface area (Å²) in [6.45, 7) is 0. The fraction of sp³-hybridized carbons (Fsp3) is 0.0952. The minimum atomic E-state index is -3.97. The molecule has 6 nitrogen and oxygen atoms in total. The predicted molar refractivity (Wildman–Crippen MR) is 120 cm³/mol. The number of rotatable bonds is 7. The second kappa shape index (κ2) is 9.27. The van der Waals surface area contributed by atoms with Crippen molar-refractivity contribution in [1.82, 2.24) is 0 Å². The summed E-state index contributed by atoms with van der Waals surface area (Å²) in [5.74, 6) is 1.19. The van der Waals surface area contributed by atoms with Crippen molar-refractivity contribution in [1.29, 1.82) is 0 Å². The topological polar surface area (TPSA) is 74.2 Å². The second-order valence-corrected chi connectivity index (χ2v) is 8.55. The lowest BCUT2D eigenvalue weighted by Gasteiger charge is -2.13. The van der Waals surface area contributed by atoms with Crippen LogP contribution in [-0.2, 0) is 10.1 Å². The molecule has 0 atom stereocenters. The van der Waals surface area contributed by atoms with Gasteiger partial charge >= 0.3 is 10.1 Å². The first-order chi connectivity index (χ1) is 13.9. The first kappa shape index (κ1) is 21.1. The predicted octanol–water partition coefficient (Wildman–Crippen LogP) is 4.83. The summed E-state index contributed by atoms with van der Waals surface area (Å²) in [5.41, 5.74) is 1.50. The van der Waals surface area contributed by atoms with Crippen LogP contribution in [0.4, 0.5) is 5.69 Å². The first-order valence-electron chi connectivity index (χ1n) is 8.48. The molecule has 0 amide bonds. The molecule has 0 aliphatic heterocycles. The summed E-state index contributed by atoms with van der Waals surface area (Å²) >= 11 is 2.01. The van der Waals surface area contributed by atoms with Crippen LogP contribution in [0.3, 0.4) is 0 Å². The molecule has 29 heavy (non-hydrogen) atoms. The van der Waals surface area contributed by atoms with E-state index < -0.39 is 10.1 Å². The molecule has 0 spiro atoms. The molecule has 3 aromatic rings. The van der Waals surface area contributed by atoms with Crippen molar-refractivity contribution in [3.63, 3.8) is 0 Å². The van der Waals surface area contributed by atoms with Gasteiger partial charge in [0.05, 0.1) is 23.5 Å². The average molecular weight is 523 g/mol. The maximum Gasteiger partial charge on any atom is 0.339 e. The standard InChI is InChI=1S/C21H18INO5S/c1-26-17-10-8-16(9-11-17)23-14-15-12-19(22)21(20(13-15)27-2)28-29(24,25)18-6-4-3-5-7-18/h3-14H,1-2H3. The molecule has 0 aliphatic rings. The summed E-state index contributed by atoms with van der Waals surface area (Å²) in [6, 6.07) is 18.7. The number of methoxy groups -OCH3 is 2. The molecule has 0 bridgehead atoms. The number of benzene rings is 3. The maximum absolute atomic E-state index is 12.6. The highest BCUT2D eigenvalue weighted by Crippen LogP contribution is 2.35. The molecule has 150 valence electrons. The van der Waals surface area contributed by atoms with Gasteiger partial charge in [0.25, 0.3) is 0 Å². The van der Waals surface area contributed by atoms with Crippen molar-refractivity contribution < 1.29 is 22.1 Å². The summed E-state index contributed by atoms with van der Waals surface area (Å²) in [7, 11) is -0.912. The molecular formula is C21H18INO5S. The number of nitrogens with zero attached hydrogens (tertiary/aromatic N) is 1. The van der Waals surface area contributed by atoms with Gasteiger partial charge in [0.1, 0.15) is 10.6 Å². The fourth-order valence-electron chi connectivity index (χ4n) is 2.46. The molecule has 0 unspecified atom stereocenters. The minimum Gasteiger partial charge on any atom is -0.497 e. The normalized spacial score (nSPS) is 11.4. The lowest BCUT2D eigenvalue weighted by molar-refractivity contribution is 0.389. The Morgan fingerprint density at radius 1 is 0.931 bits per heavy atom. The Morgan fingerprint density at radius 2 is 1.62 bits per heavy atom. The van der Waals surface area contributed by atoms with Gasteiger partial charge < -0.3 is 13.7 Å². The third-order valence-electron chi connectivity index (χ3n) is 3.91. The number of halogens is 1. The van der Waals surface area contributed by atoms with Crippen LogP contribution in [0.15, 0.2) is 76.6 Å². The van der Waals surface area contributed by atoms with Gasteiger partial charge in [0.15, 0.2) is 11.5 Å². The summed E-state index contributed by atoms with van der Waals surface area (Å²) in [4.78, 5) is 4.49. The highest BCUT2D eigenvalue weighted by atomic mass is 127. The first-order valence-corrected chi connectivity index (χ1v) is 11.0. The largest absolute Gasteiger partial charge is 0.497 e. The van der Waals surface area contributed by atoms with Gasteiger partial charge in [-0.15, -0.1) is 0 Å². The molecule has 0 radical (unpaired) electrons. The van der Waals surface area contributed by atoms with E-state index in [1.807, 2.05) is 46.9 Å². The van der Waals surface area contributed by atoms with Gasteiger partial charge in [-0.2, -0.15) is 8.42 Å². The van der Waals surface area contributed by atoms with Crippen LogP contribution in [-0.4, -0.2) is 28.9 Å². The summed E-state index contributed by atoms with van der Waals surface area (Å²) in [5, 5.41) is 0. The minimum absolute atomic E-state index is 0.0722. The molecule has 0 aromatic heterocycles. The molecule has 0 aliphatic carbocycles. The number of hydrogen-bond acceptors (Lipinski definition) is 6. The monoisotopic (exact) mass is 523 g/mol. The van der Waals surface area contributed by atoms with Crippen LogP contribution in [0.1, 0.15) is 5.56 Å². The van der Waals surface area contributed by atoms with Gasteiger partial charge in [0, 0.05) is 6.21 Å². The van der Waals surface area contributed by atoms with Crippen molar-refractivity contribution in [2.45, 2.75) is 4.90 Å². The van der Waals surface area contributed by atoms with Gasteiger partial charge in [-0.1, -0.05) is 18.2 Å². The van der Waals surface area contributed by atoms with E-state index in [9.17, 15) is 8.42 Å². The lowest BCUT2D eigenvalue weighted by atomic mass is 10.2. The summed E-state index contributed by atoms with van der Waals surface area (Å²) in [6.07, 6.45) is 1.67. The van der Waals surface area contributed by atoms with E-state index in [1.165, 1.54) is 19.2 Å². The van der Waals surface area contributed by atoms with Crippen LogP contribution < -0.4 is 13.7 Å². The maximum atomic E-state index is 12.6. The van der Waals surface area contributed by atoms with E-state index in [1.54, 1.807) is 43.7 Å². The third kappa shape index (κ3) is 5.27. The zero-order valence-corrected chi connectivity index (χ0v) is 18.7. The third-order valence-corrected chi connectivity index (χ3v) is 5.95. The lowest BCUT2D eigenvalue weighted by Crippen LogP contribution is -2.11. The Labute approximate surface area is 183 Å². The molecule has 0 heterocycles. The molecule has 3 rings (SSSR count). The Morgan fingerprint density at radius 3 is 2.24 bits per heavy atom. The molecular weight excluding hydrogens is 505 g/mol. The van der Waals surface area contributed by atoms with E-state index in [2.05, 4.69) is 4.99 Å². The molecule has 0 N–H and O–H groups in total. The van der Waals surface area contributed by atoms with Crippen LogP contribution in [0.5, 0.6) is 17.2 Å². The van der Waals surface area contributed by atoms with Gasteiger partial charge in [0.2, 0.25) is 0 Å². The van der Waals surface area contributed by atoms with Gasteiger partial charge in [-0.3, -0.25) is 4.99 Å². The van der Waals surface area contributed by atoms with Crippen LogP contribution in [0.25, 0.3) is 0 Å². The van der Waals surface area contributed by atoms with E-state index in [4.69, 9.17) is 13.7 Å². The Bertz CT molecular complexity index is 1110. The van der Waals surface area contributed by atoms with Crippen LogP contribution >= 0.6 is 22.6 Å². The van der Waals surface area contributed by atoms with Crippen molar-refractivity contribution in [3.05, 3.63) is 75.9 Å². The molecule has 8 heteroatoms. The average Bonchev–Trinajstić information content (AvgIpc) is 2.74. The van der Waals surface area contributed by atoms with Crippen molar-refractivity contribution in [2.24, 2.45) is 4.99 Å². The Balaban J connectivity index is 1.88. The summed E-state index contributed by atoms with van der Waals surface area (Å²) < 4.78 is 41.5. The zero-order valence-electron chi connectivity index (χ0n) is 15.7. The van der Waals surface area contributed by atoms with Gasteiger partial charge in [-0.05, 0) is 76.7 Å². The van der Waals surface area contributed by atoms with E-state index >= 15 is 0 Å². The second-order valence-electron chi connectivity index (χ2n) is 5.84. The SMILES string of the molecule is COc1ccc(N=Cc2cc(I)c(OS(=O)(=O)c3ccccc3)c(OC)c2)cc1. The highest BCUT2D eigenvalue weighted by molar-refractivity contribution is 14.1. The number of aliphatic imine (C=N–C) groups is 1. The van der Waals surface area contributed by atoms with Crippen molar-refractivity contribution in [3.8, 4) is 17.2 Å². The smallest absolute Gasteiger partial charge is 0.339 e. The quantitative estimate of drug-likeness (QED) is 0.252. The molecule has 3 aromatic carbocycles. The van der Waals surface area contributed by atoms with Crippen molar-refractivity contribution >= 4 is 44.6 Å². The Kier molecular flexibility index (Phi) is 6.75. The van der Waals surface area contributed by atoms with Gasteiger partial charge in [-0.25, -0.2) is 0 Å². The van der Waals surface area contributed by atoms with Crippen molar-refractivity contribution in [2.75, 3.05) is 14.2 Å². The van der Waals surface area contributed by atoms with E-state index in [0.29, 0.717) is 9.32 Å². The van der Waals surface area contributed by atoms with E-state index in [-0.39, 0.29) is 10.6 Å². The fourth-order valence-corrected chi connectivity index (χ4v) is 4.32.